The Morgan fingerprint density at radius 1 is 1.22 bits per heavy atom. The number of amides is 1. The summed E-state index contributed by atoms with van der Waals surface area (Å²) in [6.07, 6.45) is 3.04. The maximum atomic E-state index is 13.3. The van der Waals surface area contributed by atoms with Gasteiger partial charge in [0.15, 0.2) is 0 Å². The fourth-order valence-corrected chi connectivity index (χ4v) is 4.59. The van der Waals surface area contributed by atoms with Crippen molar-refractivity contribution in [3.05, 3.63) is 47.8 Å². The lowest BCUT2D eigenvalue weighted by Gasteiger charge is -2.36. The molecule has 4 rings (SSSR count). The first kappa shape index (κ1) is 22.1. The zero-order valence-electron chi connectivity index (χ0n) is 19.5. The average molecular weight is 437 g/mol. The van der Waals surface area contributed by atoms with Crippen LogP contribution in [0.5, 0.6) is 5.75 Å². The summed E-state index contributed by atoms with van der Waals surface area (Å²) in [6, 6.07) is 9.76. The first-order chi connectivity index (χ1) is 15.4. The summed E-state index contributed by atoms with van der Waals surface area (Å²) in [7, 11) is 1.64. The largest absolute Gasteiger partial charge is 0.497 e. The smallest absolute Gasteiger partial charge is 0.258 e. The quantitative estimate of drug-likeness (QED) is 0.610. The second kappa shape index (κ2) is 9.20. The molecule has 3 heterocycles. The highest BCUT2D eigenvalue weighted by Gasteiger charge is 2.24. The van der Waals surface area contributed by atoms with E-state index in [9.17, 15) is 4.79 Å². The monoisotopic (exact) mass is 436 g/mol. The summed E-state index contributed by atoms with van der Waals surface area (Å²) in [5, 5.41) is 3.93. The maximum absolute atomic E-state index is 13.3. The van der Waals surface area contributed by atoms with Crippen molar-refractivity contribution in [2.75, 3.05) is 30.4 Å². The first-order valence-corrected chi connectivity index (χ1v) is 11.3. The molecule has 2 aromatic heterocycles. The van der Waals surface area contributed by atoms with Crippen LogP contribution in [0.1, 0.15) is 43.2 Å². The average Bonchev–Trinajstić information content (AvgIpc) is 3.04. The van der Waals surface area contributed by atoms with Crippen LogP contribution in [-0.2, 0) is 11.3 Å². The molecule has 2 atom stereocenters. The zero-order chi connectivity index (χ0) is 22.8. The summed E-state index contributed by atoms with van der Waals surface area (Å²) < 4.78 is 13.4. The minimum absolute atomic E-state index is 0.140. The number of hydrogen-bond acceptors (Lipinski definition) is 5. The molecule has 1 aromatic carbocycles. The topological polar surface area (TPSA) is 68.6 Å². The van der Waals surface area contributed by atoms with Crippen LogP contribution in [0.25, 0.3) is 10.9 Å². The second-order valence-electron chi connectivity index (χ2n) is 8.52. The van der Waals surface area contributed by atoms with E-state index in [2.05, 4.69) is 40.5 Å². The molecule has 0 aliphatic carbocycles. The number of rotatable bonds is 6. The fourth-order valence-electron chi connectivity index (χ4n) is 4.59. The third kappa shape index (κ3) is 4.30. The standard InChI is InChI=1S/C25H32N4O3/c1-6-11-29-18(4)24(21-12-20(31-5)8-9-22(21)29)25(30)27-19-7-10-23(26-13-19)28-14-16(2)32-17(3)15-28/h7-10,12-13,16-17H,6,11,14-15H2,1-5H3,(H,27,30)/t16-,17-/m0/s1. The molecule has 1 amide bonds. The Bertz CT molecular complexity index is 1100. The number of aromatic nitrogens is 2. The number of ether oxygens (including phenoxy) is 2. The number of nitrogens with one attached hydrogen (secondary N) is 1. The molecule has 0 radical (unpaired) electrons. The Balaban J connectivity index is 1.59. The molecule has 1 aliphatic rings. The van der Waals surface area contributed by atoms with E-state index in [0.717, 1.165) is 54.2 Å². The van der Waals surface area contributed by atoms with Crippen molar-refractivity contribution in [1.29, 1.82) is 0 Å². The molecule has 170 valence electrons. The molecular weight excluding hydrogens is 404 g/mol. The number of carbonyl (C=O) groups excluding carboxylic acids is 1. The van der Waals surface area contributed by atoms with E-state index in [1.807, 2.05) is 37.3 Å². The molecule has 3 aromatic rings. The number of benzene rings is 1. The van der Waals surface area contributed by atoms with Gasteiger partial charge in [0.25, 0.3) is 5.91 Å². The van der Waals surface area contributed by atoms with Crippen molar-refractivity contribution in [1.82, 2.24) is 9.55 Å². The lowest BCUT2D eigenvalue weighted by Crippen LogP contribution is -2.45. The first-order valence-electron chi connectivity index (χ1n) is 11.3. The molecule has 0 spiro atoms. The van der Waals surface area contributed by atoms with Crippen molar-refractivity contribution < 1.29 is 14.3 Å². The number of hydrogen-bond donors (Lipinski definition) is 1. The van der Waals surface area contributed by atoms with Crippen molar-refractivity contribution in [3.63, 3.8) is 0 Å². The fraction of sp³-hybridized carbons (Fsp3) is 0.440. The van der Waals surface area contributed by atoms with Crippen molar-refractivity contribution in [2.45, 2.75) is 52.9 Å². The van der Waals surface area contributed by atoms with E-state index in [0.29, 0.717) is 11.3 Å². The summed E-state index contributed by atoms with van der Waals surface area (Å²) in [4.78, 5) is 20.1. The van der Waals surface area contributed by atoms with Gasteiger partial charge in [-0.2, -0.15) is 0 Å². The molecule has 7 heteroatoms. The van der Waals surface area contributed by atoms with Crippen LogP contribution in [0, 0.1) is 6.92 Å². The van der Waals surface area contributed by atoms with Gasteiger partial charge in [-0.1, -0.05) is 6.92 Å². The predicted octanol–water partition coefficient (Wildman–Crippen LogP) is 4.63. The van der Waals surface area contributed by atoms with Gasteiger partial charge >= 0.3 is 0 Å². The van der Waals surface area contributed by atoms with Gasteiger partial charge in [-0.3, -0.25) is 4.79 Å². The molecule has 1 N–H and O–H groups in total. The molecule has 1 fully saturated rings. The van der Waals surface area contributed by atoms with Gasteiger partial charge < -0.3 is 24.3 Å². The SMILES string of the molecule is CCCn1c(C)c(C(=O)Nc2ccc(N3C[C@H](C)O[C@@H](C)C3)nc2)c2cc(OC)ccc21. The number of anilines is 2. The Hall–Kier alpha value is -3.06. The van der Waals surface area contributed by atoms with Crippen LogP contribution in [0.3, 0.4) is 0 Å². The number of methoxy groups -OCH3 is 1. The minimum Gasteiger partial charge on any atom is -0.497 e. The number of carbonyl (C=O) groups is 1. The lowest BCUT2D eigenvalue weighted by atomic mass is 10.1. The van der Waals surface area contributed by atoms with Crippen LogP contribution >= 0.6 is 0 Å². The lowest BCUT2D eigenvalue weighted by molar-refractivity contribution is -0.00545. The van der Waals surface area contributed by atoms with Crippen LogP contribution in [0.2, 0.25) is 0 Å². The van der Waals surface area contributed by atoms with Crippen LogP contribution in [-0.4, -0.2) is 47.9 Å². The van der Waals surface area contributed by atoms with Crippen molar-refractivity contribution in [2.24, 2.45) is 0 Å². The molecule has 1 saturated heterocycles. The van der Waals surface area contributed by atoms with E-state index < -0.39 is 0 Å². The van der Waals surface area contributed by atoms with Crippen molar-refractivity contribution >= 4 is 28.3 Å². The Morgan fingerprint density at radius 3 is 2.59 bits per heavy atom. The van der Waals surface area contributed by atoms with Gasteiger partial charge in [-0.25, -0.2) is 4.98 Å². The van der Waals surface area contributed by atoms with Crippen LogP contribution < -0.4 is 15.0 Å². The van der Waals surface area contributed by atoms with Gasteiger partial charge in [0.1, 0.15) is 11.6 Å². The van der Waals surface area contributed by atoms with Crippen LogP contribution in [0.15, 0.2) is 36.5 Å². The highest BCUT2D eigenvalue weighted by Crippen LogP contribution is 2.30. The summed E-state index contributed by atoms with van der Waals surface area (Å²) >= 11 is 0. The maximum Gasteiger partial charge on any atom is 0.258 e. The van der Waals surface area contributed by atoms with Crippen LogP contribution in [0.4, 0.5) is 11.5 Å². The number of aryl methyl sites for hydroxylation is 1. The van der Waals surface area contributed by atoms with E-state index in [-0.39, 0.29) is 18.1 Å². The number of morpholine rings is 1. The van der Waals surface area contributed by atoms with E-state index in [4.69, 9.17) is 9.47 Å². The second-order valence-corrected chi connectivity index (χ2v) is 8.52. The van der Waals surface area contributed by atoms with E-state index in [1.165, 1.54) is 0 Å². The Kier molecular flexibility index (Phi) is 6.37. The Labute approximate surface area is 189 Å². The van der Waals surface area contributed by atoms with Gasteiger partial charge in [0, 0.05) is 36.2 Å². The third-order valence-electron chi connectivity index (χ3n) is 5.95. The predicted molar refractivity (Wildman–Crippen MR) is 128 cm³/mol. The summed E-state index contributed by atoms with van der Waals surface area (Å²) in [5.41, 5.74) is 3.34. The number of pyridine rings is 1. The summed E-state index contributed by atoms with van der Waals surface area (Å²) in [5.74, 6) is 1.49. The van der Waals surface area contributed by atoms with Gasteiger partial charge in [0.2, 0.25) is 0 Å². The van der Waals surface area contributed by atoms with Gasteiger partial charge in [0.05, 0.1) is 36.8 Å². The number of nitrogens with zero attached hydrogens (tertiary/aromatic N) is 3. The molecular formula is C25H32N4O3. The van der Waals surface area contributed by atoms with Gasteiger partial charge in [-0.15, -0.1) is 0 Å². The molecule has 0 saturated carbocycles. The third-order valence-corrected chi connectivity index (χ3v) is 5.95. The molecule has 7 nitrogen and oxygen atoms in total. The molecule has 0 unspecified atom stereocenters. The van der Waals surface area contributed by atoms with Gasteiger partial charge in [-0.05, 0) is 57.5 Å². The Morgan fingerprint density at radius 2 is 1.97 bits per heavy atom. The molecule has 1 aliphatic heterocycles. The summed E-state index contributed by atoms with van der Waals surface area (Å²) in [6.45, 7) is 10.8. The highest BCUT2D eigenvalue weighted by atomic mass is 16.5. The van der Waals surface area contributed by atoms with E-state index in [1.54, 1.807) is 13.3 Å². The van der Waals surface area contributed by atoms with Crippen molar-refractivity contribution in [3.8, 4) is 5.75 Å². The van der Waals surface area contributed by atoms with E-state index >= 15 is 0 Å². The molecule has 32 heavy (non-hydrogen) atoms. The number of fused-ring (bicyclic) bond motifs is 1. The minimum atomic E-state index is -0.140. The normalized spacial score (nSPS) is 18.7. The zero-order valence-corrected chi connectivity index (χ0v) is 19.5. The molecule has 0 bridgehead atoms. The highest BCUT2D eigenvalue weighted by molar-refractivity contribution is 6.14.